The summed E-state index contributed by atoms with van der Waals surface area (Å²) in [6.45, 7) is 0.951. The van der Waals surface area contributed by atoms with Gasteiger partial charge in [-0.3, -0.25) is 14.6 Å². The lowest BCUT2D eigenvalue weighted by molar-refractivity contribution is 0.0671. The zero-order valence-corrected chi connectivity index (χ0v) is 19.8. The first-order valence-corrected chi connectivity index (χ1v) is 11.4. The van der Waals surface area contributed by atoms with Crippen molar-refractivity contribution >= 4 is 23.4 Å². The molecule has 0 bridgehead atoms. The number of halogens is 1. The van der Waals surface area contributed by atoms with Crippen molar-refractivity contribution in [2.24, 2.45) is 0 Å². The van der Waals surface area contributed by atoms with E-state index < -0.39 is 0 Å². The number of piperidine rings is 1. The highest BCUT2D eigenvalue weighted by Gasteiger charge is 2.34. The Kier molecular flexibility index (Phi) is 7.33. The molecule has 8 heteroatoms. The Morgan fingerprint density at radius 1 is 1.03 bits per heavy atom. The van der Waals surface area contributed by atoms with Crippen LogP contribution in [0.5, 0.6) is 11.5 Å². The molecule has 7 nitrogen and oxygen atoms in total. The van der Waals surface area contributed by atoms with Gasteiger partial charge in [0, 0.05) is 43.0 Å². The van der Waals surface area contributed by atoms with Gasteiger partial charge in [-0.15, -0.1) is 0 Å². The Bertz CT molecular complexity index is 1170. The summed E-state index contributed by atoms with van der Waals surface area (Å²) in [6, 6.07) is 15.8. The number of carbonyl (C=O) groups is 2. The first kappa shape index (κ1) is 23.6. The maximum atomic E-state index is 13.4. The van der Waals surface area contributed by atoms with Crippen molar-refractivity contribution in [2.75, 3.05) is 27.3 Å². The van der Waals surface area contributed by atoms with Crippen LogP contribution in [-0.4, -0.2) is 55.0 Å². The molecular formula is C26H26ClN3O4. The van der Waals surface area contributed by atoms with Crippen molar-refractivity contribution in [2.45, 2.75) is 18.4 Å². The van der Waals surface area contributed by atoms with E-state index in [-0.39, 0.29) is 23.8 Å². The highest BCUT2D eigenvalue weighted by atomic mass is 35.5. The number of nitrogens with one attached hydrogen (secondary N) is 1. The van der Waals surface area contributed by atoms with Gasteiger partial charge in [0.05, 0.1) is 24.8 Å². The van der Waals surface area contributed by atoms with Crippen molar-refractivity contribution < 1.29 is 19.1 Å². The van der Waals surface area contributed by atoms with Gasteiger partial charge in [-0.2, -0.15) is 0 Å². The highest BCUT2D eigenvalue weighted by molar-refractivity contribution is 6.33. The Labute approximate surface area is 203 Å². The molecule has 0 radical (unpaired) electrons. The molecule has 0 unspecified atom stereocenters. The molecular weight excluding hydrogens is 454 g/mol. The fourth-order valence-corrected chi connectivity index (χ4v) is 4.52. The standard InChI is InChI=1S/C26H26ClN3O4/c1-33-23-8-7-18(15-24(23)34-2)26(32)30-14-11-22(20(16-30)17-9-12-28-13-10-17)29-25(31)19-5-3-4-6-21(19)27/h3-10,12-13,15,20,22H,11,14,16H2,1-2H3,(H,29,31)/t20-,22+/m1/s1. The average molecular weight is 480 g/mol. The summed E-state index contributed by atoms with van der Waals surface area (Å²) < 4.78 is 10.6. The maximum Gasteiger partial charge on any atom is 0.254 e. The van der Waals surface area contributed by atoms with Crippen LogP contribution in [0.15, 0.2) is 67.0 Å². The van der Waals surface area contributed by atoms with E-state index in [2.05, 4.69) is 10.3 Å². The van der Waals surface area contributed by atoms with Crippen LogP contribution in [0.1, 0.15) is 38.6 Å². The molecule has 3 aromatic rings. The van der Waals surface area contributed by atoms with Crippen LogP contribution in [0.25, 0.3) is 0 Å². The second-order valence-electron chi connectivity index (χ2n) is 8.06. The molecule has 0 aliphatic carbocycles. The van der Waals surface area contributed by atoms with E-state index in [1.165, 1.54) is 0 Å². The van der Waals surface area contributed by atoms with E-state index in [9.17, 15) is 9.59 Å². The van der Waals surface area contributed by atoms with Crippen LogP contribution in [0.4, 0.5) is 0 Å². The van der Waals surface area contributed by atoms with Crippen LogP contribution in [0.3, 0.4) is 0 Å². The summed E-state index contributed by atoms with van der Waals surface area (Å²) in [5.74, 6) is 0.633. The molecule has 2 aromatic carbocycles. The van der Waals surface area contributed by atoms with E-state index in [0.29, 0.717) is 47.2 Å². The summed E-state index contributed by atoms with van der Waals surface area (Å²) >= 11 is 6.23. The number of carbonyl (C=O) groups excluding carboxylic acids is 2. The zero-order chi connectivity index (χ0) is 24.1. The lowest BCUT2D eigenvalue weighted by Gasteiger charge is -2.39. The molecule has 1 fully saturated rings. The van der Waals surface area contributed by atoms with E-state index in [0.717, 1.165) is 5.56 Å². The molecule has 2 atom stereocenters. The van der Waals surface area contributed by atoms with E-state index in [1.54, 1.807) is 69.1 Å². The molecule has 34 heavy (non-hydrogen) atoms. The predicted molar refractivity (Wildman–Crippen MR) is 130 cm³/mol. The minimum atomic E-state index is -0.227. The average Bonchev–Trinajstić information content (AvgIpc) is 2.88. The number of methoxy groups -OCH3 is 2. The molecule has 0 saturated carbocycles. The molecule has 1 aromatic heterocycles. The molecule has 2 amide bonds. The van der Waals surface area contributed by atoms with Crippen molar-refractivity contribution in [3.8, 4) is 11.5 Å². The monoisotopic (exact) mass is 479 g/mol. The molecule has 1 saturated heterocycles. The second-order valence-corrected chi connectivity index (χ2v) is 8.46. The first-order chi connectivity index (χ1) is 16.5. The number of aromatic nitrogens is 1. The van der Waals surface area contributed by atoms with Crippen molar-refractivity contribution in [1.29, 1.82) is 0 Å². The lowest BCUT2D eigenvalue weighted by Crippen LogP contribution is -2.51. The van der Waals surface area contributed by atoms with Gasteiger partial charge >= 0.3 is 0 Å². The third-order valence-electron chi connectivity index (χ3n) is 6.10. The Hall–Kier alpha value is -3.58. The largest absolute Gasteiger partial charge is 0.493 e. The third-order valence-corrected chi connectivity index (χ3v) is 6.43. The molecule has 0 spiro atoms. The van der Waals surface area contributed by atoms with Gasteiger partial charge < -0.3 is 19.7 Å². The first-order valence-electron chi connectivity index (χ1n) is 11.0. The predicted octanol–water partition coefficient (Wildman–Crippen LogP) is 4.18. The van der Waals surface area contributed by atoms with Gasteiger partial charge in [-0.25, -0.2) is 0 Å². The van der Waals surface area contributed by atoms with Crippen molar-refractivity contribution in [1.82, 2.24) is 15.2 Å². The number of hydrogen-bond donors (Lipinski definition) is 1. The van der Waals surface area contributed by atoms with Gasteiger partial charge in [0.25, 0.3) is 11.8 Å². The van der Waals surface area contributed by atoms with Crippen LogP contribution in [0.2, 0.25) is 5.02 Å². The summed E-state index contributed by atoms with van der Waals surface area (Å²) in [5.41, 5.74) is 1.95. The minimum absolute atomic E-state index is 0.101. The van der Waals surface area contributed by atoms with E-state index >= 15 is 0 Å². The van der Waals surface area contributed by atoms with Gasteiger partial charge in [0.1, 0.15) is 0 Å². The topological polar surface area (TPSA) is 80.8 Å². The minimum Gasteiger partial charge on any atom is -0.493 e. The molecule has 1 aliphatic rings. The van der Waals surface area contributed by atoms with E-state index in [4.69, 9.17) is 21.1 Å². The van der Waals surface area contributed by atoms with Crippen LogP contribution >= 0.6 is 11.6 Å². The van der Waals surface area contributed by atoms with Crippen LogP contribution in [0, 0.1) is 0 Å². The fourth-order valence-electron chi connectivity index (χ4n) is 4.30. The Balaban J connectivity index is 1.56. The number of nitrogens with zero attached hydrogens (tertiary/aromatic N) is 2. The van der Waals surface area contributed by atoms with E-state index in [1.807, 2.05) is 17.0 Å². The smallest absolute Gasteiger partial charge is 0.254 e. The molecule has 176 valence electrons. The fraction of sp³-hybridized carbons (Fsp3) is 0.269. The number of amides is 2. The number of benzene rings is 2. The Morgan fingerprint density at radius 2 is 1.76 bits per heavy atom. The van der Waals surface area contributed by atoms with Gasteiger partial charge in [-0.05, 0) is 54.4 Å². The Morgan fingerprint density at radius 3 is 2.47 bits per heavy atom. The van der Waals surface area contributed by atoms with Crippen LogP contribution < -0.4 is 14.8 Å². The quantitative estimate of drug-likeness (QED) is 0.573. The number of likely N-dealkylation sites (tertiary alicyclic amines) is 1. The number of hydrogen-bond acceptors (Lipinski definition) is 5. The lowest BCUT2D eigenvalue weighted by atomic mass is 9.86. The third kappa shape index (κ3) is 4.99. The SMILES string of the molecule is COc1ccc(C(=O)N2CC[C@H](NC(=O)c3ccccc3Cl)[C@@H](c3ccncc3)C2)cc1OC. The summed E-state index contributed by atoms with van der Waals surface area (Å²) in [7, 11) is 3.10. The summed E-state index contributed by atoms with van der Waals surface area (Å²) in [4.78, 5) is 32.2. The second kappa shape index (κ2) is 10.6. The molecule has 4 rings (SSSR count). The maximum absolute atomic E-state index is 13.4. The normalized spacial score (nSPS) is 17.7. The number of rotatable bonds is 6. The molecule has 1 aliphatic heterocycles. The molecule has 2 heterocycles. The zero-order valence-electron chi connectivity index (χ0n) is 19.0. The van der Waals surface area contributed by atoms with Crippen molar-refractivity contribution in [3.63, 3.8) is 0 Å². The van der Waals surface area contributed by atoms with Crippen molar-refractivity contribution in [3.05, 3.63) is 88.7 Å². The summed E-state index contributed by atoms with van der Waals surface area (Å²) in [5, 5.41) is 3.54. The number of pyridine rings is 1. The van der Waals surface area contributed by atoms with Gasteiger partial charge in [0.2, 0.25) is 0 Å². The highest BCUT2D eigenvalue weighted by Crippen LogP contribution is 2.31. The van der Waals surface area contributed by atoms with Crippen LogP contribution in [-0.2, 0) is 0 Å². The molecule has 1 N–H and O–H groups in total. The number of ether oxygens (including phenoxy) is 2. The van der Waals surface area contributed by atoms with Gasteiger partial charge in [-0.1, -0.05) is 23.7 Å². The van der Waals surface area contributed by atoms with Gasteiger partial charge in [0.15, 0.2) is 11.5 Å². The summed E-state index contributed by atoms with van der Waals surface area (Å²) in [6.07, 6.45) is 4.04.